The SMILES string of the molecule is Cc1ncc([B-](F)(F)F)s1. The van der Waals surface area contributed by atoms with Crippen LogP contribution in [0.5, 0.6) is 0 Å². The molecule has 0 N–H and O–H groups in total. The van der Waals surface area contributed by atoms with Gasteiger partial charge in [0, 0.05) is 6.20 Å². The molecule has 1 nitrogen and oxygen atoms in total. The first kappa shape index (κ1) is 7.59. The van der Waals surface area contributed by atoms with Gasteiger partial charge in [0.15, 0.2) is 0 Å². The van der Waals surface area contributed by atoms with Crippen molar-refractivity contribution in [3.05, 3.63) is 11.2 Å². The molecule has 0 aliphatic rings. The molecule has 0 saturated carbocycles. The van der Waals surface area contributed by atoms with Gasteiger partial charge in [-0.25, -0.2) is 0 Å². The van der Waals surface area contributed by atoms with E-state index < -0.39 is 11.8 Å². The molecule has 0 saturated heterocycles. The summed E-state index contributed by atoms with van der Waals surface area (Å²) in [5, 5.41) is 0.453. The summed E-state index contributed by atoms with van der Waals surface area (Å²) in [6.45, 7) is -3.28. The Morgan fingerprint density at radius 3 is 2.30 bits per heavy atom. The Balaban J connectivity index is 2.96. The van der Waals surface area contributed by atoms with Gasteiger partial charge in [-0.05, 0) is 11.7 Å². The molecule has 6 heteroatoms. The maximum absolute atomic E-state index is 11.8. The molecule has 0 radical (unpaired) electrons. The minimum atomic E-state index is -4.83. The molecule has 0 aliphatic heterocycles. The summed E-state index contributed by atoms with van der Waals surface area (Å²) >= 11 is 0.686. The molecule has 0 spiro atoms. The molecule has 10 heavy (non-hydrogen) atoms. The maximum atomic E-state index is 11.8. The van der Waals surface area contributed by atoms with Gasteiger partial charge in [0.05, 0.1) is 5.01 Å². The van der Waals surface area contributed by atoms with Crippen molar-refractivity contribution < 1.29 is 12.9 Å². The van der Waals surface area contributed by atoms with E-state index in [9.17, 15) is 12.9 Å². The van der Waals surface area contributed by atoms with Gasteiger partial charge in [-0.2, -0.15) is 11.3 Å². The van der Waals surface area contributed by atoms with Gasteiger partial charge in [-0.1, -0.05) is 0 Å². The predicted molar refractivity (Wildman–Crippen MR) is 35.6 cm³/mol. The van der Waals surface area contributed by atoms with Crippen molar-refractivity contribution in [3.63, 3.8) is 0 Å². The monoisotopic (exact) mass is 166 g/mol. The van der Waals surface area contributed by atoms with Crippen molar-refractivity contribution in [1.82, 2.24) is 4.98 Å². The van der Waals surface area contributed by atoms with Crippen molar-refractivity contribution in [2.45, 2.75) is 6.92 Å². The van der Waals surface area contributed by atoms with E-state index in [2.05, 4.69) is 4.98 Å². The van der Waals surface area contributed by atoms with Crippen LogP contribution in [-0.2, 0) is 0 Å². The third kappa shape index (κ3) is 1.50. The smallest absolute Gasteiger partial charge is 0.444 e. The Hall–Kier alpha value is -0.515. The molecular weight excluding hydrogens is 162 g/mol. The zero-order valence-electron chi connectivity index (χ0n) is 5.14. The Morgan fingerprint density at radius 1 is 1.50 bits per heavy atom. The van der Waals surface area contributed by atoms with E-state index in [1.807, 2.05) is 0 Å². The van der Waals surface area contributed by atoms with Gasteiger partial charge in [-0.15, -0.1) is 0 Å². The Kier molecular flexibility index (Phi) is 1.72. The van der Waals surface area contributed by atoms with Crippen LogP contribution in [0.3, 0.4) is 0 Å². The number of nitrogens with zero attached hydrogens (tertiary/aromatic N) is 1. The third-order valence-corrected chi connectivity index (χ3v) is 1.97. The number of aromatic nitrogens is 1. The van der Waals surface area contributed by atoms with E-state index in [0.717, 1.165) is 6.20 Å². The zero-order valence-corrected chi connectivity index (χ0v) is 5.96. The molecule has 0 atom stereocenters. The summed E-state index contributed by atoms with van der Waals surface area (Å²) in [4.78, 5) is 3.50. The molecule has 0 fully saturated rings. The molecule has 0 amide bonds. The molecule has 0 bridgehead atoms. The van der Waals surface area contributed by atoms with Crippen molar-refractivity contribution in [3.8, 4) is 0 Å². The Morgan fingerprint density at radius 2 is 2.10 bits per heavy atom. The van der Waals surface area contributed by atoms with Crippen molar-refractivity contribution >= 4 is 23.1 Å². The van der Waals surface area contributed by atoms with Crippen LogP contribution in [0.2, 0.25) is 0 Å². The quantitative estimate of drug-likeness (QED) is 0.576. The summed E-state index contributed by atoms with van der Waals surface area (Å²) < 4.78 is 34.9. The molecule has 56 valence electrons. The highest BCUT2D eigenvalue weighted by Crippen LogP contribution is 2.12. The number of aryl methyl sites for hydroxylation is 1. The van der Waals surface area contributed by atoms with Crippen LogP contribution in [0, 0.1) is 6.92 Å². The lowest BCUT2D eigenvalue weighted by molar-refractivity contribution is 0.502. The molecule has 1 rings (SSSR count). The summed E-state index contributed by atoms with van der Waals surface area (Å²) in [5.74, 6) is 0. The van der Waals surface area contributed by atoms with E-state index in [4.69, 9.17) is 0 Å². The van der Waals surface area contributed by atoms with Crippen LogP contribution in [0.4, 0.5) is 12.9 Å². The van der Waals surface area contributed by atoms with Crippen LogP contribution >= 0.6 is 11.3 Å². The van der Waals surface area contributed by atoms with E-state index in [1.54, 1.807) is 6.92 Å². The topological polar surface area (TPSA) is 12.9 Å². The maximum Gasteiger partial charge on any atom is 0.521 e. The Bertz CT molecular complexity index is 231. The average Bonchev–Trinajstić information content (AvgIpc) is 2.11. The molecule has 0 aromatic carbocycles. The van der Waals surface area contributed by atoms with Gasteiger partial charge in [-0.3, -0.25) is 4.98 Å². The highest BCUT2D eigenvalue weighted by Gasteiger charge is 2.27. The van der Waals surface area contributed by atoms with Crippen LogP contribution in [0.1, 0.15) is 5.01 Å². The average molecular weight is 166 g/mol. The third-order valence-electron chi connectivity index (χ3n) is 0.962. The van der Waals surface area contributed by atoms with Crippen LogP contribution in [-0.4, -0.2) is 12.0 Å². The summed E-state index contributed by atoms with van der Waals surface area (Å²) in [6, 6.07) is 0. The minimum Gasteiger partial charge on any atom is -0.444 e. The van der Waals surface area contributed by atoms with Crippen LogP contribution < -0.4 is 4.78 Å². The van der Waals surface area contributed by atoms with Gasteiger partial charge in [0.2, 0.25) is 0 Å². The molecular formula is C4H4BF3NS-. The fraction of sp³-hybridized carbons (Fsp3) is 0.250. The fourth-order valence-electron chi connectivity index (χ4n) is 0.529. The largest absolute Gasteiger partial charge is 0.521 e. The van der Waals surface area contributed by atoms with Crippen LogP contribution in [0.15, 0.2) is 6.20 Å². The highest BCUT2D eigenvalue weighted by molar-refractivity contribution is 7.23. The Labute approximate surface area is 60.0 Å². The first-order valence-corrected chi connectivity index (χ1v) is 3.44. The van der Waals surface area contributed by atoms with Gasteiger partial charge < -0.3 is 12.9 Å². The lowest BCUT2D eigenvalue weighted by Gasteiger charge is -2.08. The molecule has 0 aliphatic carbocycles. The lowest BCUT2D eigenvalue weighted by Crippen LogP contribution is -2.30. The number of halogens is 3. The normalized spacial score (nSPS) is 12.0. The second-order valence-electron chi connectivity index (χ2n) is 1.86. The molecule has 1 aromatic rings. The number of rotatable bonds is 1. The standard InChI is InChI=1S/C4H4BF3NS/c1-3-9-2-4(10-3)5(6,7)8/h2H,1H3/q-1. The first-order chi connectivity index (χ1) is 4.50. The number of hydrogen-bond acceptors (Lipinski definition) is 2. The van der Waals surface area contributed by atoms with E-state index >= 15 is 0 Å². The highest BCUT2D eigenvalue weighted by atomic mass is 32.1. The van der Waals surface area contributed by atoms with Crippen molar-refractivity contribution in [2.24, 2.45) is 0 Å². The molecule has 0 unspecified atom stereocenters. The fourth-order valence-corrected chi connectivity index (χ4v) is 1.21. The molecule has 1 aromatic heterocycles. The van der Waals surface area contributed by atoms with E-state index in [-0.39, 0.29) is 0 Å². The van der Waals surface area contributed by atoms with Gasteiger partial charge in [0.1, 0.15) is 0 Å². The summed E-state index contributed by atoms with van der Waals surface area (Å²) in [5.41, 5.74) is 0. The molecule has 1 heterocycles. The number of thiazole rings is 1. The van der Waals surface area contributed by atoms with Gasteiger partial charge in [0.25, 0.3) is 0 Å². The van der Waals surface area contributed by atoms with Gasteiger partial charge >= 0.3 is 6.98 Å². The summed E-state index contributed by atoms with van der Waals surface area (Å²) in [6.07, 6.45) is 0.875. The zero-order chi connectivity index (χ0) is 7.78. The van der Waals surface area contributed by atoms with E-state index in [0.29, 0.717) is 16.3 Å². The van der Waals surface area contributed by atoms with E-state index in [1.165, 1.54) is 0 Å². The second-order valence-corrected chi connectivity index (χ2v) is 3.12. The lowest BCUT2D eigenvalue weighted by atomic mass is 9.91. The van der Waals surface area contributed by atoms with Crippen LogP contribution in [0.25, 0.3) is 0 Å². The predicted octanol–water partition coefficient (Wildman–Crippen LogP) is 1.51. The minimum absolute atomic E-state index is 0.453. The summed E-state index contributed by atoms with van der Waals surface area (Å²) in [7, 11) is 0. The second kappa shape index (κ2) is 2.27. The van der Waals surface area contributed by atoms with Crippen molar-refractivity contribution in [1.29, 1.82) is 0 Å². The number of hydrogen-bond donors (Lipinski definition) is 0. The first-order valence-electron chi connectivity index (χ1n) is 2.62. The van der Waals surface area contributed by atoms with Crippen molar-refractivity contribution in [2.75, 3.05) is 0 Å².